The molecule has 0 heterocycles. The van der Waals surface area contributed by atoms with Gasteiger partial charge in [-0.1, -0.05) is 35.0 Å². The average molecular weight is 248 g/mol. The van der Waals surface area contributed by atoms with E-state index in [0.29, 0.717) is 0 Å². The topological polar surface area (TPSA) is 0 Å². The van der Waals surface area contributed by atoms with E-state index < -0.39 is 0 Å². The van der Waals surface area contributed by atoms with Crippen molar-refractivity contribution in [2.75, 3.05) is 0 Å². The van der Waals surface area contributed by atoms with E-state index in [1.807, 2.05) is 12.1 Å². The molecule has 0 saturated heterocycles. The Morgan fingerprint density at radius 3 is 2.83 bits per heavy atom. The Morgan fingerprint density at radius 1 is 1.50 bits per heavy atom. The predicted molar refractivity (Wildman–Crippen MR) is 57.8 cm³/mol. The Labute approximate surface area is 87.1 Å². The minimum absolute atomic E-state index is 0.263. The van der Waals surface area contributed by atoms with Gasteiger partial charge in [-0.25, -0.2) is 0 Å². The van der Waals surface area contributed by atoms with Crippen LogP contribution in [0, 0.1) is 0 Å². The Hall–Kier alpha value is -0.0100. The van der Waals surface area contributed by atoms with Crippen LogP contribution in [0.2, 0.25) is 0 Å². The molecule has 12 heavy (non-hydrogen) atoms. The van der Waals surface area contributed by atoms with Crippen LogP contribution in [0.25, 0.3) is 0 Å². The molecule has 1 unspecified atom stereocenters. The highest BCUT2D eigenvalue weighted by atomic mass is 79.9. The second kappa shape index (κ2) is 4.88. The molecule has 0 aliphatic carbocycles. The van der Waals surface area contributed by atoms with Crippen molar-refractivity contribution < 1.29 is 0 Å². The summed E-state index contributed by atoms with van der Waals surface area (Å²) in [7, 11) is 0. The maximum absolute atomic E-state index is 6.04. The zero-order chi connectivity index (χ0) is 8.97. The van der Waals surface area contributed by atoms with Crippen molar-refractivity contribution in [1.29, 1.82) is 0 Å². The van der Waals surface area contributed by atoms with Crippen molar-refractivity contribution in [1.82, 2.24) is 0 Å². The molecule has 0 radical (unpaired) electrons. The molecule has 0 amide bonds. The minimum Gasteiger partial charge on any atom is -0.123 e. The van der Waals surface area contributed by atoms with Gasteiger partial charge in [0.25, 0.3) is 0 Å². The molecule has 0 fully saturated rings. The van der Waals surface area contributed by atoms with Gasteiger partial charge in [-0.2, -0.15) is 0 Å². The Morgan fingerprint density at radius 2 is 2.25 bits per heavy atom. The molecule has 0 spiro atoms. The van der Waals surface area contributed by atoms with Crippen LogP contribution >= 0.6 is 27.5 Å². The zero-order valence-electron chi connectivity index (χ0n) is 7.06. The van der Waals surface area contributed by atoms with Crippen LogP contribution in [0.5, 0.6) is 0 Å². The van der Waals surface area contributed by atoms with Gasteiger partial charge in [0.1, 0.15) is 0 Å². The fourth-order valence-electron chi connectivity index (χ4n) is 1.06. The van der Waals surface area contributed by atoms with Gasteiger partial charge in [-0.3, -0.25) is 0 Å². The summed E-state index contributed by atoms with van der Waals surface area (Å²) in [6, 6.07) is 8.29. The van der Waals surface area contributed by atoms with Gasteiger partial charge in [-0.15, -0.1) is 11.6 Å². The van der Waals surface area contributed by atoms with Crippen molar-refractivity contribution in [3.63, 3.8) is 0 Å². The summed E-state index contributed by atoms with van der Waals surface area (Å²) in [6.45, 7) is 2.11. The fourth-order valence-corrected chi connectivity index (χ4v) is 1.69. The van der Waals surface area contributed by atoms with Crippen molar-refractivity contribution >= 4 is 27.5 Å². The van der Waals surface area contributed by atoms with Crippen LogP contribution in [-0.4, -0.2) is 5.38 Å². The summed E-state index contributed by atoms with van der Waals surface area (Å²) in [6.07, 6.45) is 1.98. The molecule has 66 valence electrons. The number of hydrogen-bond acceptors (Lipinski definition) is 0. The van der Waals surface area contributed by atoms with Gasteiger partial charge in [-0.05, 0) is 30.5 Å². The minimum atomic E-state index is 0.263. The Bertz CT molecular complexity index is 247. The van der Waals surface area contributed by atoms with Crippen LogP contribution in [0.15, 0.2) is 28.7 Å². The van der Waals surface area contributed by atoms with E-state index in [0.717, 1.165) is 17.3 Å². The first-order valence-electron chi connectivity index (χ1n) is 4.11. The van der Waals surface area contributed by atoms with E-state index in [9.17, 15) is 0 Å². The quantitative estimate of drug-likeness (QED) is 0.708. The second-order valence-corrected chi connectivity index (χ2v) is 4.37. The van der Waals surface area contributed by atoms with Crippen molar-refractivity contribution in [2.24, 2.45) is 0 Å². The van der Waals surface area contributed by atoms with Gasteiger partial charge in [0.15, 0.2) is 0 Å². The molecule has 0 saturated carbocycles. The highest BCUT2D eigenvalue weighted by Gasteiger charge is 2.02. The average Bonchev–Trinajstić information content (AvgIpc) is 2.04. The van der Waals surface area contributed by atoms with Crippen molar-refractivity contribution in [3.05, 3.63) is 34.3 Å². The highest BCUT2D eigenvalue weighted by Crippen LogP contribution is 2.15. The van der Waals surface area contributed by atoms with E-state index in [-0.39, 0.29) is 5.38 Å². The summed E-state index contributed by atoms with van der Waals surface area (Å²) in [4.78, 5) is 0. The van der Waals surface area contributed by atoms with Crippen molar-refractivity contribution in [2.45, 2.75) is 25.1 Å². The number of alkyl halides is 1. The van der Waals surface area contributed by atoms with Crippen molar-refractivity contribution in [3.8, 4) is 0 Å². The molecule has 0 aromatic heterocycles. The molecule has 0 aliphatic heterocycles. The lowest BCUT2D eigenvalue weighted by atomic mass is 10.1. The van der Waals surface area contributed by atoms with Crippen LogP contribution in [0.4, 0.5) is 0 Å². The first-order valence-corrected chi connectivity index (χ1v) is 5.34. The second-order valence-electron chi connectivity index (χ2n) is 2.84. The smallest absolute Gasteiger partial charge is 0.0373 e. The highest BCUT2D eigenvalue weighted by molar-refractivity contribution is 9.10. The Balaban J connectivity index is 2.63. The number of rotatable bonds is 3. The molecule has 1 aromatic rings. The third kappa shape index (κ3) is 3.16. The third-order valence-corrected chi connectivity index (χ3v) is 2.75. The molecule has 0 nitrogen and oxygen atoms in total. The molecule has 2 heteroatoms. The SMILES string of the molecule is CCC(Cl)Cc1cccc(Br)c1. The van der Waals surface area contributed by atoms with E-state index >= 15 is 0 Å². The van der Waals surface area contributed by atoms with Crippen LogP contribution in [0.1, 0.15) is 18.9 Å². The van der Waals surface area contributed by atoms with E-state index in [2.05, 4.69) is 35.0 Å². The first-order chi connectivity index (χ1) is 5.72. The lowest BCUT2D eigenvalue weighted by molar-refractivity contribution is 0.805. The number of hydrogen-bond donors (Lipinski definition) is 0. The summed E-state index contributed by atoms with van der Waals surface area (Å²) in [5, 5.41) is 0.263. The monoisotopic (exact) mass is 246 g/mol. The van der Waals surface area contributed by atoms with E-state index in [4.69, 9.17) is 11.6 Å². The van der Waals surface area contributed by atoms with Gasteiger partial charge >= 0.3 is 0 Å². The third-order valence-electron chi connectivity index (χ3n) is 1.79. The van der Waals surface area contributed by atoms with E-state index in [1.54, 1.807) is 0 Å². The lowest BCUT2D eigenvalue weighted by Crippen LogP contribution is -2.00. The standard InChI is InChI=1S/C10H12BrCl/c1-2-10(12)7-8-4-3-5-9(11)6-8/h3-6,10H,2,7H2,1H3. The first kappa shape index (κ1) is 10.1. The van der Waals surface area contributed by atoms with Gasteiger partial charge < -0.3 is 0 Å². The molecule has 1 rings (SSSR count). The summed E-state index contributed by atoms with van der Waals surface area (Å²) < 4.78 is 1.12. The van der Waals surface area contributed by atoms with Gasteiger partial charge in [0.05, 0.1) is 0 Å². The Kier molecular flexibility index (Phi) is 4.10. The van der Waals surface area contributed by atoms with Gasteiger partial charge in [0.2, 0.25) is 0 Å². The summed E-state index contributed by atoms with van der Waals surface area (Å²) in [5.41, 5.74) is 1.30. The molecule has 0 bridgehead atoms. The number of benzene rings is 1. The predicted octanol–water partition coefficient (Wildman–Crippen LogP) is 4.01. The lowest BCUT2D eigenvalue weighted by Gasteiger charge is -2.05. The zero-order valence-corrected chi connectivity index (χ0v) is 9.40. The fraction of sp³-hybridized carbons (Fsp3) is 0.400. The normalized spacial score (nSPS) is 12.9. The van der Waals surface area contributed by atoms with Crippen LogP contribution in [-0.2, 0) is 6.42 Å². The maximum atomic E-state index is 6.04. The van der Waals surface area contributed by atoms with Crippen LogP contribution < -0.4 is 0 Å². The number of halogens is 2. The van der Waals surface area contributed by atoms with Gasteiger partial charge in [0, 0.05) is 9.85 Å². The molecule has 0 N–H and O–H groups in total. The molecule has 0 aliphatic rings. The van der Waals surface area contributed by atoms with Crippen LogP contribution in [0.3, 0.4) is 0 Å². The summed E-state index contributed by atoms with van der Waals surface area (Å²) >= 11 is 9.47. The maximum Gasteiger partial charge on any atom is 0.0373 e. The largest absolute Gasteiger partial charge is 0.123 e. The molecule has 1 atom stereocenters. The summed E-state index contributed by atoms with van der Waals surface area (Å²) in [5.74, 6) is 0. The molecule has 1 aromatic carbocycles. The molecular formula is C10H12BrCl. The molecular weight excluding hydrogens is 235 g/mol. The van der Waals surface area contributed by atoms with E-state index in [1.165, 1.54) is 5.56 Å².